The summed E-state index contributed by atoms with van der Waals surface area (Å²) in [5, 5.41) is -1.28. The Bertz CT molecular complexity index is 428. The van der Waals surface area contributed by atoms with Crippen molar-refractivity contribution < 1.29 is 9.59 Å². The number of hydrogen-bond acceptors (Lipinski definition) is 4. The number of amidine groups is 1. The molecule has 0 aliphatic carbocycles. The fraction of sp³-hybridized carbons (Fsp3) is 0.571. The summed E-state index contributed by atoms with van der Waals surface area (Å²) in [6.07, 6.45) is 0. The van der Waals surface area contributed by atoms with Crippen molar-refractivity contribution in [2.45, 2.75) is 9.58 Å². The maximum atomic E-state index is 11.6. The highest BCUT2D eigenvalue weighted by Crippen LogP contribution is 2.49. The number of likely N-dealkylation sites (N-methyl/N-ethyl adjacent to an activating group) is 2. The van der Waals surface area contributed by atoms with Crippen LogP contribution in [-0.2, 0) is 0 Å². The van der Waals surface area contributed by atoms with Gasteiger partial charge in [-0.2, -0.15) is 0 Å². The van der Waals surface area contributed by atoms with Gasteiger partial charge in [0.2, 0.25) is 0 Å². The van der Waals surface area contributed by atoms with Gasteiger partial charge in [-0.25, -0.2) is 9.79 Å². The summed E-state index contributed by atoms with van der Waals surface area (Å²) >= 11 is 28.9. The smallest absolute Gasteiger partial charge is 0.314 e. The minimum absolute atomic E-state index is 0.0909. The number of nitrogens with zero attached hydrogens (tertiary/aromatic N) is 3. The predicted molar refractivity (Wildman–Crippen MR) is 71.6 cm³/mol. The van der Waals surface area contributed by atoms with Crippen LogP contribution in [0.15, 0.2) is 4.99 Å². The van der Waals surface area contributed by atoms with E-state index in [1.54, 1.807) is 5.32 Å². The van der Waals surface area contributed by atoms with E-state index < -0.39 is 21.0 Å². The molecule has 18 heavy (non-hydrogen) atoms. The molecule has 1 atom stereocenters. The molecule has 0 bridgehead atoms. The largest absolute Gasteiger partial charge is 0.327 e. The molecule has 0 fully saturated rings. The van der Waals surface area contributed by atoms with Crippen LogP contribution in [-0.4, -0.2) is 50.2 Å². The van der Waals surface area contributed by atoms with E-state index in [1.807, 2.05) is 0 Å². The average molecular weight is 356 g/mol. The zero-order chi connectivity index (χ0) is 14.3. The second-order valence-electron chi connectivity index (χ2n) is 3.33. The molecule has 6 nitrogen and oxygen atoms in total. The summed E-state index contributed by atoms with van der Waals surface area (Å²) in [5.74, 6) is 0. The second-order valence-corrected chi connectivity index (χ2v) is 5.83. The highest BCUT2D eigenvalue weighted by molar-refractivity contribution is 6.68. The molecule has 11 heteroatoms. The van der Waals surface area contributed by atoms with E-state index in [2.05, 4.69) is 4.99 Å². The van der Waals surface area contributed by atoms with Crippen LogP contribution < -0.4 is 5.32 Å². The summed E-state index contributed by atoms with van der Waals surface area (Å²) in [7, 11) is 2.67. The molecular weight excluding hydrogens is 349 g/mol. The molecule has 1 aliphatic rings. The third-order valence-corrected chi connectivity index (χ3v) is 4.55. The summed E-state index contributed by atoms with van der Waals surface area (Å²) in [6, 6.07) is -0.931. The first-order valence-electron chi connectivity index (χ1n) is 4.34. The zero-order valence-electron chi connectivity index (χ0n) is 9.05. The van der Waals surface area contributed by atoms with Crippen LogP contribution >= 0.6 is 58.0 Å². The number of halogens is 5. The van der Waals surface area contributed by atoms with Gasteiger partial charge in [0.25, 0.3) is 9.58 Å². The minimum Gasteiger partial charge on any atom is -0.314 e. The van der Waals surface area contributed by atoms with Crippen molar-refractivity contribution in [2.75, 3.05) is 14.1 Å². The highest BCUT2D eigenvalue weighted by atomic mass is 35.5. The third kappa shape index (κ3) is 2.44. The van der Waals surface area contributed by atoms with Gasteiger partial charge in [-0.05, 0) is 23.2 Å². The quantitative estimate of drug-likeness (QED) is 0.446. The van der Waals surface area contributed by atoms with Crippen molar-refractivity contribution in [3.8, 4) is 0 Å². The lowest BCUT2D eigenvalue weighted by Gasteiger charge is -2.38. The topological polar surface area (TPSA) is 65.0 Å². The zero-order valence-corrected chi connectivity index (χ0v) is 12.8. The number of imide groups is 1. The number of rotatable bonds is 1. The van der Waals surface area contributed by atoms with Crippen molar-refractivity contribution >= 4 is 74.7 Å². The standard InChI is InChI=1S/C7H7Cl5N4O2/c1-15-3(8)14-7(12,6(15,10)11)16(2)5(18)13-4(9)17/h1-2H3,(H,13,17,18)/t7-/m1/s1. The first-order valence-corrected chi connectivity index (χ1v) is 6.23. The molecule has 3 amide bonds. The Morgan fingerprint density at radius 2 is 1.89 bits per heavy atom. The minimum atomic E-state index is -1.90. The maximum Gasteiger partial charge on any atom is 0.327 e. The monoisotopic (exact) mass is 354 g/mol. The molecule has 0 radical (unpaired) electrons. The van der Waals surface area contributed by atoms with E-state index in [4.69, 9.17) is 58.0 Å². The van der Waals surface area contributed by atoms with Crippen molar-refractivity contribution in [2.24, 2.45) is 4.99 Å². The van der Waals surface area contributed by atoms with E-state index in [0.29, 0.717) is 0 Å². The molecule has 102 valence electrons. The summed E-state index contributed by atoms with van der Waals surface area (Å²) in [4.78, 5) is 28.0. The second kappa shape index (κ2) is 5.09. The van der Waals surface area contributed by atoms with Gasteiger partial charge >= 0.3 is 11.4 Å². The van der Waals surface area contributed by atoms with Gasteiger partial charge in [-0.15, -0.1) is 0 Å². The maximum absolute atomic E-state index is 11.6. The Kier molecular flexibility index (Phi) is 4.50. The SMILES string of the molecule is CN1C(Cl)=N[C@@](Cl)(N(C)C(=O)NC(=O)Cl)C1(Cl)Cl. The number of urea groups is 1. The van der Waals surface area contributed by atoms with Crippen LogP contribution in [0.4, 0.5) is 9.59 Å². The molecule has 0 spiro atoms. The number of alkyl halides is 3. The molecule has 1 rings (SSSR count). The van der Waals surface area contributed by atoms with Crippen molar-refractivity contribution in [3.05, 3.63) is 0 Å². The fourth-order valence-corrected chi connectivity index (χ4v) is 2.41. The average Bonchev–Trinajstić information content (AvgIpc) is 2.38. The first kappa shape index (κ1) is 15.9. The van der Waals surface area contributed by atoms with E-state index in [-0.39, 0.29) is 5.29 Å². The summed E-state index contributed by atoms with van der Waals surface area (Å²) < 4.78 is -1.81. The Hall–Kier alpha value is -0.140. The molecule has 0 aromatic heterocycles. The molecule has 1 heterocycles. The Morgan fingerprint density at radius 3 is 2.22 bits per heavy atom. The van der Waals surface area contributed by atoms with Gasteiger partial charge in [-0.1, -0.05) is 34.8 Å². The Balaban J connectivity index is 3.07. The van der Waals surface area contributed by atoms with Crippen molar-refractivity contribution in [1.29, 1.82) is 0 Å². The molecule has 1 N–H and O–H groups in total. The molecular formula is C7H7Cl5N4O2. The van der Waals surface area contributed by atoms with E-state index in [9.17, 15) is 9.59 Å². The van der Waals surface area contributed by atoms with E-state index >= 15 is 0 Å². The van der Waals surface area contributed by atoms with Crippen molar-refractivity contribution in [1.82, 2.24) is 15.1 Å². The summed E-state index contributed by atoms with van der Waals surface area (Å²) in [5.41, 5.74) is 0. The number of amides is 3. The number of aliphatic imine (C=N–C) groups is 1. The van der Waals surface area contributed by atoms with Gasteiger partial charge < -0.3 is 4.90 Å². The van der Waals surface area contributed by atoms with Crippen LogP contribution in [0.2, 0.25) is 0 Å². The van der Waals surface area contributed by atoms with Gasteiger partial charge in [0.1, 0.15) is 0 Å². The Morgan fingerprint density at radius 1 is 1.39 bits per heavy atom. The van der Waals surface area contributed by atoms with E-state index in [0.717, 1.165) is 9.80 Å². The highest BCUT2D eigenvalue weighted by Gasteiger charge is 2.61. The van der Waals surface area contributed by atoms with E-state index in [1.165, 1.54) is 14.1 Å². The lowest BCUT2D eigenvalue weighted by molar-refractivity contribution is 0.162. The molecule has 0 aromatic carbocycles. The molecule has 0 saturated carbocycles. The third-order valence-electron chi connectivity index (χ3n) is 2.28. The van der Waals surface area contributed by atoms with Gasteiger partial charge in [-0.3, -0.25) is 15.0 Å². The summed E-state index contributed by atoms with van der Waals surface area (Å²) in [6.45, 7) is 0. The van der Waals surface area contributed by atoms with Crippen LogP contribution in [0.25, 0.3) is 0 Å². The van der Waals surface area contributed by atoms with Gasteiger partial charge in [0, 0.05) is 14.1 Å². The number of carbonyl (C=O) groups excluding carboxylic acids is 2. The van der Waals surface area contributed by atoms with Crippen molar-refractivity contribution in [3.63, 3.8) is 0 Å². The normalized spacial score (nSPS) is 25.7. The molecule has 1 aliphatic heterocycles. The Labute approximate surface area is 128 Å². The number of nitrogens with one attached hydrogen (secondary N) is 1. The lowest BCUT2D eigenvalue weighted by atomic mass is 10.4. The number of hydrogen-bond donors (Lipinski definition) is 1. The lowest BCUT2D eigenvalue weighted by Crippen LogP contribution is -2.59. The first-order chi connectivity index (χ1) is 8.04. The van der Waals surface area contributed by atoms with Gasteiger partial charge in [0.05, 0.1) is 0 Å². The number of carbonyl (C=O) groups is 2. The fourth-order valence-electron chi connectivity index (χ4n) is 1.17. The van der Waals surface area contributed by atoms with Crippen LogP contribution in [0.5, 0.6) is 0 Å². The predicted octanol–water partition coefficient (Wildman–Crippen LogP) is 2.55. The van der Waals surface area contributed by atoms with Crippen LogP contribution in [0.3, 0.4) is 0 Å². The van der Waals surface area contributed by atoms with Crippen LogP contribution in [0, 0.1) is 0 Å². The van der Waals surface area contributed by atoms with Gasteiger partial charge in [0.15, 0.2) is 5.29 Å². The molecule has 0 aromatic rings. The molecule has 0 saturated heterocycles. The van der Waals surface area contributed by atoms with Crippen LogP contribution in [0.1, 0.15) is 0 Å². The molecule has 0 unspecified atom stereocenters.